The van der Waals surface area contributed by atoms with E-state index in [4.69, 9.17) is 4.74 Å². The zero-order valence-corrected chi connectivity index (χ0v) is 17.4. The number of ether oxygens (including phenoxy) is 1. The second kappa shape index (κ2) is 8.71. The van der Waals surface area contributed by atoms with E-state index in [1.165, 1.54) is 4.31 Å². The fraction of sp³-hybridized carbons (Fsp3) is 0.429. The number of hydrogen-bond donors (Lipinski definition) is 2. The maximum absolute atomic E-state index is 12.8. The number of sulfonamides is 1. The molecule has 1 saturated carbocycles. The molecule has 2 N–H and O–H groups in total. The molecule has 0 radical (unpaired) electrons. The summed E-state index contributed by atoms with van der Waals surface area (Å²) in [5.74, 6) is -0.680. The molecule has 1 aliphatic heterocycles. The summed E-state index contributed by atoms with van der Waals surface area (Å²) in [6.45, 7) is 1.41. The van der Waals surface area contributed by atoms with Gasteiger partial charge in [0.15, 0.2) is 0 Å². The van der Waals surface area contributed by atoms with Crippen LogP contribution >= 0.6 is 0 Å². The van der Waals surface area contributed by atoms with Crippen molar-refractivity contribution in [2.24, 2.45) is 5.92 Å². The minimum Gasteiger partial charge on any atom is -0.379 e. The highest BCUT2D eigenvalue weighted by molar-refractivity contribution is 7.89. The standard InChI is InChI=1S/C21H25N3O5S/c25-20(15-5-6-15)23-19-14-17-4-2-1-3-16(17)13-18(19)21(26)22-7-12-30(27,28)24-8-10-29-11-9-24/h1-4,13-15H,5-12H2,(H,22,26)(H,23,25). The average Bonchev–Trinajstić information content (AvgIpc) is 3.59. The van der Waals surface area contributed by atoms with Crippen molar-refractivity contribution in [3.05, 3.63) is 42.0 Å². The van der Waals surface area contributed by atoms with Crippen molar-refractivity contribution in [3.8, 4) is 0 Å². The highest BCUT2D eigenvalue weighted by Crippen LogP contribution is 2.32. The van der Waals surface area contributed by atoms with Gasteiger partial charge in [-0.15, -0.1) is 0 Å². The van der Waals surface area contributed by atoms with Gasteiger partial charge in [0.2, 0.25) is 15.9 Å². The summed E-state index contributed by atoms with van der Waals surface area (Å²) in [5.41, 5.74) is 0.769. The summed E-state index contributed by atoms with van der Waals surface area (Å²) in [7, 11) is -3.46. The second-order valence-electron chi connectivity index (χ2n) is 7.59. The van der Waals surface area contributed by atoms with Crippen LogP contribution in [0.25, 0.3) is 10.8 Å². The molecule has 0 atom stereocenters. The van der Waals surface area contributed by atoms with Gasteiger partial charge in [-0.1, -0.05) is 24.3 Å². The van der Waals surface area contributed by atoms with Gasteiger partial charge >= 0.3 is 0 Å². The molecule has 1 aliphatic carbocycles. The number of hydrogen-bond acceptors (Lipinski definition) is 5. The summed E-state index contributed by atoms with van der Waals surface area (Å²) < 4.78 is 31.4. The summed E-state index contributed by atoms with van der Waals surface area (Å²) in [6.07, 6.45) is 1.72. The lowest BCUT2D eigenvalue weighted by Crippen LogP contribution is -2.43. The van der Waals surface area contributed by atoms with E-state index in [-0.39, 0.29) is 24.1 Å². The first kappa shape index (κ1) is 20.8. The molecule has 1 heterocycles. The van der Waals surface area contributed by atoms with Gasteiger partial charge in [0.25, 0.3) is 5.91 Å². The van der Waals surface area contributed by atoms with Crippen molar-refractivity contribution in [1.82, 2.24) is 9.62 Å². The van der Waals surface area contributed by atoms with Crippen LogP contribution in [0.15, 0.2) is 36.4 Å². The molecule has 160 valence electrons. The van der Waals surface area contributed by atoms with Gasteiger partial charge in [-0.2, -0.15) is 4.31 Å². The van der Waals surface area contributed by atoms with E-state index < -0.39 is 15.9 Å². The van der Waals surface area contributed by atoms with E-state index >= 15 is 0 Å². The molecule has 2 aromatic rings. The van der Waals surface area contributed by atoms with E-state index in [1.54, 1.807) is 12.1 Å². The first-order valence-corrected chi connectivity index (χ1v) is 11.7. The molecule has 9 heteroatoms. The lowest BCUT2D eigenvalue weighted by Gasteiger charge is -2.26. The van der Waals surface area contributed by atoms with Gasteiger partial charge in [0.1, 0.15) is 0 Å². The number of amides is 2. The lowest BCUT2D eigenvalue weighted by molar-refractivity contribution is -0.117. The molecule has 0 unspecified atom stereocenters. The largest absolute Gasteiger partial charge is 0.379 e. The smallest absolute Gasteiger partial charge is 0.253 e. The maximum Gasteiger partial charge on any atom is 0.253 e. The molecule has 0 bridgehead atoms. The fourth-order valence-electron chi connectivity index (χ4n) is 3.45. The minimum atomic E-state index is -3.46. The number of fused-ring (bicyclic) bond motifs is 1. The van der Waals surface area contributed by atoms with E-state index in [0.29, 0.717) is 37.6 Å². The van der Waals surface area contributed by atoms with Crippen molar-refractivity contribution >= 4 is 38.3 Å². The molecule has 2 aliphatic rings. The topological polar surface area (TPSA) is 105 Å². The molecular formula is C21H25N3O5S. The minimum absolute atomic E-state index is 0.00560. The Kier molecular flexibility index (Phi) is 6.03. The lowest BCUT2D eigenvalue weighted by atomic mass is 10.0. The highest BCUT2D eigenvalue weighted by Gasteiger charge is 2.30. The summed E-state index contributed by atoms with van der Waals surface area (Å²) in [5, 5.41) is 7.33. The number of morpholine rings is 1. The third-order valence-electron chi connectivity index (χ3n) is 5.35. The van der Waals surface area contributed by atoms with Crippen molar-refractivity contribution in [2.45, 2.75) is 12.8 Å². The van der Waals surface area contributed by atoms with Crippen LogP contribution in [0, 0.1) is 5.92 Å². The van der Waals surface area contributed by atoms with Gasteiger partial charge in [-0.25, -0.2) is 8.42 Å². The molecule has 1 saturated heterocycles. The summed E-state index contributed by atoms with van der Waals surface area (Å²) >= 11 is 0. The zero-order valence-electron chi connectivity index (χ0n) is 16.6. The van der Waals surface area contributed by atoms with E-state index in [0.717, 1.165) is 23.6 Å². The van der Waals surface area contributed by atoms with E-state index in [2.05, 4.69) is 10.6 Å². The fourth-order valence-corrected chi connectivity index (χ4v) is 4.78. The molecule has 2 fully saturated rings. The average molecular weight is 432 g/mol. The van der Waals surface area contributed by atoms with Gasteiger partial charge in [-0.05, 0) is 35.7 Å². The zero-order chi connectivity index (χ0) is 21.1. The quantitative estimate of drug-likeness (QED) is 0.693. The maximum atomic E-state index is 12.8. The summed E-state index contributed by atoms with van der Waals surface area (Å²) in [6, 6.07) is 11.1. The van der Waals surface area contributed by atoms with Crippen LogP contribution < -0.4 is 10.6 Å². The highest BCUT2D eigenvalue weighted by atomic mass is 32.2. The Morgan fingerprint density at radius 3 is 2.40 bits per heavy atom. The van der Waals surface area contributed by atoms with Gasteiger partial charge < -0.3 is 15.4 Å². The van der Waals surface area contributed by atoms with Crippen LogP contribution in [-0.4, -0.2) is 63.1 Å². The molecule has 2 aromatic carbocycles. The Bertz CT molecular complexity index is 1060. The SMILES string of the molecule is O=C(NCCS(=O)(=O)N1CCOCC1)c1cc2ccccc2cc1NC(=O)C1CC1. The number of nitrogens with zero attached hydrogens (tertiary/aromatic N) is 1. The van der Waals surface area contributed by atoms with Crippen molar-refractivity contribution in [1.29, 1.82) is 0 Å². The molecule has 2 amide bonds. The Balaban J connectivity index is 1.47. The number of carbonyl (C=O) groups is 2. The van der Waals surface area contributed by atoms with Gasteiger partial charge in [0.05, 0.1) is 30.2 Å². The van der Waals surface area contributed by atoms with Crippen LogP contribution in [0.5, 0.6) is 0 Å². The van der Waals surface area contributed by atoms with Crippen molar-refractivity contribution < 1.29 is 22.7 Å². The Hall–Kier alpha value is -2.49. The monoisotopic (exact) mass is 431 g/mol. The van der Waals surface area contributed by atoms with E-state index in [9.17, 15) is 18.0 Å². The molecule has 4 rings (SSSR count). The van der Waals surface area contributed by atoms with Gasteiger partial charge in [0, 0.05) is 25.6 Å². The number of anilines is 1. The number of benzene rings is 2. The predicted molar refractivity (Wildman–Crippen MR) is 114 cm³/mol. The Labute approximate surface area is 175 Å². The molecule has 0 spiro atoms. The molecule has 8 nitrogen and oxygen atoms in total. The van der Waals surface area contributed by atoms with Crippen LogP contribution in [0.2, 0.25) is 0 Å². The van der Waals surface area contributed by atoms with E-state index in [1.807, 2.05) is 24.3 Å². The number of nitrogens with one attached hydrogen (secondary N) is 2. The molecule has 0 aromatic heterocycles. The summed E-state index contributed by atoms with van der Waals surface area (Å²) in [4.78, 5) is 25.1. The second-order valence-corrected chi connectivity index (χ2v) is 9.68. The number of carbonyl (C=O) groups excluding carboxylic acids is 2. The van der Waals surface area contributed by atoms with Crippen molar-refractivity contribution in [3.63, 3.8) is 0 Å². The normalized spacial score (nSPS) is 17.6. The van der Waals surface area contributed by atoms with Crippen molar-refractivity contribution in [2.75, 3.05) is 43.9 Å². The first-order chi connectivity index (χ1) is 14.4. The predicted octanol–water partition coefficient (Wildman–Crippen LogP) is 1.58. The van der Waals surface area contributed by atoms with Crippen LogP contribution in [0.1, 0.15) is 23.2 Å². The Morgan fingerprint density at radius 1 is 1.07 bits per heavy atom. The molecule has 30 heavy (non-hydrogen) atoms. The van der Waals surface area contributed by atoms with Crippen LogP contribution in [0.4, 0.5) is 5.69 Å². The number of rotatable bonds is 7. The van der Waals surface area contributed by atoms with Crippen LogP contribution in [-0.2, 0) is 19.6 Å². The van der Waals surface area contributed by atoms with Crippen LogP contribution in [0.3, 0.4) is 0 Å². The first-order valence-electron chi connectivity index (χ1n) is 10.1. The third kappa shape index (κ3) is 4.80. The third-order valence-corrected chi connectivity index (χ3v) is 7.22. The molecular weight excluding hydrogens is 406 g/mol. The Morgan fingerprint density at radius 2 is 1.73 bits per heavy atom. The van der Waals surface area contributed by atoms with Gasteiger partial charge in [-0.3, -0.25) is 9.59 Å².